The topological polar surface area (TPSA) is 81.9 Å². The van der Waals surface area contributed by atoms with E-state index >= 15 is 0 Å². The van der Waals surface area contributed by atoms with Gasteiger partial charge in [0, 0.05) is 43.5 Å². The summed E-state index contributed by atoms with van der Waals surface area (Å²) in [5.41, 5.74) is -1.40. The number of carbonyl (C=O) groups excluding carboxylic acids is 1. The summed E-state index contributed by atoms with van der Waals surface area (Å²) in [6, 6.07) is 5.04. The first-order valence-corrected chi connectivity index (χ1v) is 8.89. The van der Waals surface area contributed by atoms with Crippen LogP contribution in [0, 0.1) is 17.2 Å². The number of piperidine rings is 1. The van der Waals surface area contributed by atoms with E-state index in [1.165, 1.54) is 30.2 Å². The Labute approximate surface area is 168 Å². The van der Waals surface area contributed by atoms with Crippen molar-refractivity contribution in [3.8, 4) is 6.07 Å². The first-order chi connectivity index (χ1) is 14.0. The van der Waals surface area contributed by atoms with Gasteiger partial charge in [-0.25, -0.2) is 18.7 Å². The third-order valence-corrected chi connectivity index (χ3v) is 4.80. The lowest BCUT2D eigenvalue weighted by Gasteiger charge is -2.38. The third kappa shape index (κ3) is 4.48. The average Bonchev–Trinajstić information content (AvgIpc) is 2.69. The number of aromatic nitrogens is 2. The molecular formula is C19H16F5N5O. The Morgan fingerprint density at radius 2 is 2.07 bits per heavy atom. The number of anilines is 2. The predicted molar refractivity (Wildman–Crippen MR) is 97.1 cm³/mol. The van der Waals surface area contributed by atoms with Crippen molar-refractivity contribution in [1.82, 2.24) is 9.97 Å². The smallest absolute Gasteiger partial charge is 0.355 e. The largest absolute Gasteiger partial charge is 0.417 e. The zero-order valence-electron chi connectivity index (χ0n) is 15.7. The van der Waals surface area contributed by atoms with E-state index < -0.39 is 41.5 Å². The van der Waals surface area contributed by atoms with Gasteiger partial charge in [0.2, 0.25) is 0 Å². The Kier molecular flexibility index (Phi) is 5.61. The van der Waals surface area contributed by atoms with Crippen LogP contribution in [0.25, 0.3) is 0 Å². The van der Waals surface area contributed by atoms with Crippen LogP contribution >= 0.6 is 0 Å². The van der Waals surface area contributed by atoms with Crippen LogP contribution in [0.1, 0.15) is 35.0 Å². The van der Waals surface area contributed by atoms with Crippen LogP contribution in [0.15, 0.2) is 30.6 Å². The molecule has 1 aliphatic heterocycles. The predicted octanol–water partition coefficient (Wildman–Crippen LogP) is 4.10. The maximum absolute atomic E-state index is 13.8. The Balaban J connectivity index is 1.97. The standard InChI is InChI=1S/C19H16F5N5O/c1-11-10-29(5-3-18(11,20)21)16-15(6-12(9-27-16)19(22,23)24)17(30)28-13-2-4-26-14(7-13)8-25/h2,4,6-7,9,11H,3,5,10H2,1H3,(H,26,28,30)/t11-/m0/s1. The van der Waals surface area contributed by atoms with E-state index in [0.29, 0.717) is 12.3 Å². The van der Waals surface area contributed by atoms with E-state index in [4.69, 9.17) is 5.26 Å². The summed E-state index contributed by atoms with van der Waals surface area (Å²) in [4.78, 5) is 21.7. The van der Waals surface area contributed by atoms with Gasteiger partial charge in [-0.3, -0.25) is 4.79 Å². The number of halogens is 5. The van der Waals surface area contributed by atoms with Gasteiger partial charge < -0.3 is 10.2 Å². The van der Waals surface area contributed by atoms with Crippen molar-refractivity contribution in [3.05, 3.63) is 47.4 Å². The van der Waals surface area contributed by atoms with Crippen LogP contribution in [0.3, 0.4) is 0 Å². The van der Waals surface area contributed by atoms with Crippen molar-refractivity contribution in [1.29, 1.82) is 5.26 Å². The number of nitrogens with one attached hydrogen (secondary N) is 1. The summed E-state index contributed by atoms with van der Waals surface area (Å²) >= 11 is 0. The minimum Gasteiger partial charge on any atom is -0.355 e. The second-order valence-electron chi connectivity index (χ2n) is 6.95. The number of rotatable bonds is 3. The molecule has 0 radical (unpaired) electrons. The zero-order chi connectivity index (χ0) is 22.1. The lowest BCUT2D eigenvalue weighted by molar-refractivity contribution is -0.137. The molecule has 0 saturated carbocycles. The highest BCUT2D eigenvalue weighted by Gasteiger charge is 2.42. The highest BCUT2D eigenvalue weighted by atomic mass is 19.4. The SMILES string of the molecule is C[C@H]1CN(c2ncc(C(F)(F)F)cc2C(=O)Nc2ccnc(C#N)c2)CCC1(F)F. The Morgan fingerprint density at radius 1 is 1.33 bits per heavy atom. The summed E-state index contributed by atoms with van der Waals surface area (Å²) in [7, 11) is 0. The van der Waals surface area contributed by atoms with Gasteiger partial charge in [-0.05, 0) is 18.2 Å². The van der Waals surface area contributed by atoms with Gasteiger partial charge in [0.05, 0.1) is 11.1 Å². The maximum atomic E-state index is 13.8. The molecule has 0 aliphatic carbocycles. The fraction of sp³-hybridized carbons (Fsp3) is 0.368. The normalized spacial score (nSPS) is 18.6. The molecule has 1 N–H and O–H groups in total. The van der Waals surface area contributed by atoms with Gasteiger partial charge >= 0.3 is 6.18 Å². The molecular weight excluding hydrogens is 409 g/mol. The number of hydrogen-bond donors (Lipinski definition) is 1. The first kappa shape index (κ1) is 21.4. The zero-order valence-corrected chi connectivity index (χ0v) is 15.7. The quantitative estimate of drug-likeness (QED) is 0.749. The van der Waals surface area contributed by atoms with Crippen molar-refractivity contribution in [2.75, 3.05) is 23.3 Å². The van der Waals surface area contributed by atoms with Gasteiger partial charge in [-0.15, -0.1) is 0 Å². The molecule has 0 aromatic carbocycles. The molecule has 30 heavy (non-hydrogen) atoms. The van der Waals surface area contributed by atoms with Crippen LogP contribution in [0.5, 0.6) is 0 Å². The number of alkyl halides is 5. The highest BCUT2D eigenvalue weighted by molar-refractivity contribution is 6.07. The van der Waals surface area contributed by atoms with E-state index in [2.05, 4.69) is 15.3 Å². The number of carbonyl (C=O) groups is 1. The molecule has 11 heteroatoms. The first-order valence-electron chi connectivity index (χ1n) is 8.89. The Morgan fingerprint density at radius 3 is 2.70 bits per heavy atom. The molecule has 1 aliphatic rings. The number of nitrogens with zero attached hydrogens (tertiary/aromatic N) is 4. The molecule has 3 rings (SSSR count). The summed E-state index contributed by atoms with van der Waals surface area (Å²) in [5.74, 6) is -5.00. The molecule has 2 aromatic heterocycles. The Bertz CT molecular complexity index is 1000. The van der Waals surface area contributed by atoms with Crippen molar-refractivity contribution in [2.45, 2.75) is 25.4 Å². The molecule has 158 valence electrons. The van der Waals surface area contributed by atoms with E-state index in [9.17, 15) is 26.7 Å². The van der Waals surface area contributed by atoms with Crippen LogP contribution in [-0.2, 0) is 6.18 Å². The van der Waals surface area contributed by atoms with Gasteiger partial charge in [-0.2, -0.15) is 18.4 Å². The minimum atomic E-state index is -4.74. The second-order valence-corrected chi connectivity index (χ2v) is 6.95. The average molecular weight is 425 g/mol. The van der Waals surface area contributed by atoms with Crippen molar-refractivity contribution < 1.29 is 26.7 Å². The minimum absolute atomic E-state index is 0.00211. The van der Waals surface area contributed by atoms with Gasteiger partial charge in [-0.1, -0.05) is 6.92 Å². The molecule has 1 saturated heterocycles. The fourth-order valence-corrected chi connectivity index (χ4v) is 3.08. The molecule has 1 atom stereocenters. The lowest BCUT2D eigenvalue weighted by Crippen LogP contribution is -2.46. The molecule has 0 unspecified atom stereocenters. The van der Waals surface area contributed by atoms with E-state index in [-0.39, 0.29) is 30.3 Å². The molecule has 0 spiro atoms. The van der Waals surface area contributed by atoms with Gasteiger partial charge in [0.1, 0.15) is 17.6 Å². The van der Waals surface area contributed by atoms with Crippen molar-refractivity contribution in [3.63, 3.8) is 0 Å². The van der Waals surface area contributed by atoms with Crippen LogP contribution in [-0.4, -0.2) is 34.9 Å². The summed E-state index contributed by atoms with van der Waals surface area (Å²) in [6.07, 6.45) is -3.42. The Hall–Kier alpha value is -3.29. The lowest BCUT2D eigenvalue weighted by atomic mass is 9.95. The van der Waals surface area contributed by atoms with Crippen LogP contribution in [0.2, 0.25) is 0 Å². The van der Waals surface area contributed by atoms with Gasteiger partial charge in [0.25, 0.3) is 11.8 Å². The van der Waals surface area contributed by atoms with Crippen molar-refractivity contribution >= 4 is 17.4 Å². The summed E-state index contributed by atoms with van der Waals surface area (Å²) in [6.45, 7) is 1.000. The van der Waals surface area contributed by atoms with Crippen LogP contribution in [0.4, 0.5) is 33.5 Å². The van der Waals surface area contributed by atoms with Gasteiger partial charge in [0.15, 0.2) is 0 Å². The maximum Gasteiger partial charge on any atom is 0.417 e. The van der Waals surface area contributed by atoms with E-state index in [1.54, 1.807) is 6.07 Å². The number of pyridine rings is 2. The van der Waals surface area contributed by atoms with E-state index in [0.717, 1.165) is 0 Å². The molecule has 1 amide bonds. The second kappa shape index (κ2) is 7.85. The van der Waals surface area contributed by atoms with Crippen molar-refractivity contribution in [2.24, 2.45) is 5.92 Å². The molecule has 6 nitrogen and oxygen atoms in total. The van der Waals surface area contributed by atoms with E-state index in [1.807, 2.05) is 0 Å². The fourth-order valence-electron chi connectivity index (χ4n) is 3.08. The third-order valence-electron chi connectivity index (χ3n) is 4.80. The molecule has 2 aromatic rings. The monoisotopic (exact) mass is 425 g/mol. The molecule has 1 fully saturated rings. The van der Waals surface area contributed by atoms with Crippen LogP contribution < -0.4 is 10.2 Å². The summed E-state index contributed by atoms with van der Waals surface area (Å²) < 4.78 is 67.1. The number of amides is 1. The highest BCUT2D eigenvalue weighted by Crippen LogP contribution is 2.37. The molecule has 3 heterocycles. The number of hydrogen-bond acceptors (Lipinski definition) is 5. The summed E-state index contributed by atoms with van der Waals surface area (Å²) in [5, 5.41) is 11.3. The number of nitriles is 1. The molecule has 0 bridgehead atoms.